The largest absolute Gasteiger partial charge is 0.500 e. The lowest BCUT2D eigenvalue weighted by Gasteiger charge is -2.32. The summed E-state index contributed by atoms with van der Waals surface area (Å²) in [5.41, 5.74) is 1.76. The molecular weight excluding hydrogens is 164 g/mol. The van der Waals surface area contributed by atoms with Crippen LogP contribution in [0.15, 0.2) is 23.0 Å². The first-order valence-corrected chi connectivity index (χ1v) is 4.44. The number of aldehydes is 1. The van der Waals surface area contributed by atoms with Gasteiger partial charge in [-0.3, -0.25) is 4.79 Å². The molecule has 1 aliphatic carbocycles. The summed E-state index contributed by atoms with van der Waals surface area (Å²) in [6.45, 7) is 6.06. The zero-order valence-corrected chi connectivity index (χ0v) is 8.68. The van der Waals surface area contributed by atoms with Gasteiger partial charge < -0.3 is 4.74 Å². The summed E-state index contributed by atoms with van der Waals surface area (Å²) in [4.78, 5) is 10.8. The Bertz CT molecular complexity index is 282. The van der Waals surface area contributed by atoms with Crippen LogP contribution in [-0.4, -0.2) is 13.4 Å². The second-order valence-electron chi connectivity index (χ2n) is 3.92. The van der Waals surface area contributed by atoms with E-state index in [0.29, 0.717) is 0 Å². The first-order chi connectivity index (χ1) is 6.04. The van der Waals surface area contributed by atoms with Gasteiger partial charge in [-0.1, -0.05) is 6.08 Å². The third kappa shape index (κ3) is 1.53. The van der Waals surface area contributed by atoms with Gasteiger partial charge in [0.2, 0.25) is 0 Å². The molecule has 0 radical (unpaired) electrons. The van der Waals surface area contributed by atoms with E-state index in [0.717, 1.165) is 24.0 Å². The molecule has 0 fully saturated rings. The van der Waals surface area contributed by atoms with Gasteiger partial charge in [0, 0.05) is 11.0 Å². The number of ether oxygens (including phenoxy) is 1. The second kappa shape index (κ2) is 3.36. The van der Waals surface area contributed by atoms with Gasteiger partial charge in [0.05, 0.1) is 7.11 Å². The van der Waals surface area contributed by atoms with Crippen molar-refractivity contribution in [1.82, 2.24) is 0 Å². The lowest BCUT2D eigenvalue weighted by Crippen LogP contribution is -2.24. The van der Waals surface area contributed by atoms with E-state index in [1.165, 1.54) is 5.57 Å². The fourth-order valence-electron chi connectivity index (χ4n) is 1.90. The second-order valence-corrected chi connectivity index (χ2v) is 3.92. The van der Waals surface area contributed by atoms with Gasteiger partial charge in [0.1, 0.15) is 12.0 Å². The first kappa shape index (κ1) is 10.0. The van der Waals surface area contributed by atoms with Crippen molar-refractivity contribution in [2.24, 2.45) is 5.41 Å². The average molecular weight is 180 g/mol. The van der Waals surface area contributed by atoms with E-state index >= 15 is 0 Å². The number of hydrogen-bond acceptors (Lipinski definition) is 2. The van der Waals surface area contributed by atoms with E-state index in [1.54, 1.807) is 7.11 Å². The Kier molecular flexibility index (Phi) is 2.60. The normalized spacial score (nSPS) is 21.1. The molecule has 0 saturated heterocycles. The van der Waals surface area contributed by atoms with Crippen LogP contribution in [0, 0.1) is 5.41 Å². The van der Waals surface area contributed by atoms with E-state index in [2.05, 4.69) is 0 Å². The average Bonchev–Trinajstić information content (AvgIpc) is 2.04. The third-order valence-electron chi connectivity index (χ3n) is 2.64. The van der Waals surface area contributed by atoms with Crippen molar-refractivity contribution in [3.63, 3.8) is 0 Å². The monoisotopic (exact) mass is 180 g/mol. The molecule has 0 aromatic heterocycles. The van der Waals surface area contributed by atoms with Crippen LogP contribution in [0.5, 0.6) is 0 Å². The predicted octanol–water partition coefficient (Wildman–Crippen LogP) is 2.46. The molecule has 0 aromatic rings. The van der Waals surface area contributed by atoms with Crippen molar-refractivity contribution < 1.29 is 9.53 Å². The minimum absolute atomic E-state index is 0.265. The van der Waals surface area contributed by atoms with Gasteiger partial charge >= 0.3 is 0 Å². The smallest absolute Gasteiger partial charge is 0.146 e. The number of methoxy groups -OCH3 is 1. The number of carbonyl (C=O) groups is 1. The van der Waals surface area contributed by atoms with Crippen molar-refractivity contribution in [2.45, 2.75) is 27.2 Å². The Labute approximate surface area is 79.3 Å². The molecule has 0 N–H and O–H groups in total. The zero-order chi connectivity index (χ0) is 10.1. The van der Waals surface area contributed by atoms with Crippen molar-refractivity contribution in [3.8, 4) is 0 Å². The highest BCUT2D eigenvalue weighted by Crippen LogP contribution is 2.40. The third-order valence-corrected chi connectivity index (χ3v) is 2.64. The molecule has 2 nitrogen and oxygen atoms in total. The Morgan fingerprint density at radius 1 is 1.54 bits per heavy atom. The van der Waals surface area contributed by atoms with Crippen LogP contribution in [0.2, 0.25) is 0 Å². The number of hydrogen-bond donors (Lipinski definition) is 0. The van der Waals surface area contributed by atoms with Crippen LogP contribution in [0.4, 0.5) is 0 Å². The van der Waals surface area contributed by atoms with Crippen molar-refractivity contribution in [3.05, 3.63) is 23.0 Å². The molecule has 1 rings (SSSR count). The van der Waals surface area contributed by atoms with Crippen LogP contribution in [0.3, 0.4) is 0 Å². The molecule has 2 heteroatoms. The Morgan fingerprint density at radius 2 is 2.15 bits per heavy atom. The summed E-state index contributed by atoms with van der Waals surface area (Å²) in [6.07, 6.45) is 3.72. The molecule has 0 amide bonds. The fraction of sp³-hybridized carbons (Fsp3) is 0.545. The maximum absolute atomic E-state index is 10.8. The molecule has 0 saturated carbocycles. The Balaban J connectivity index is 3.12. The summed E-state index contributed by atoms with van der Waals surface area (Å²) in [5.74, 6) is 0.928. The Hall–Kier alpha value is -1.05. The molecule has 1 aliphatic rings. The lowest BCUT2D eigenvalue weighted by molar-refractivity contribution is -0.105. The number of rotatable bonds is 2. The molecule has 0 spiro atoms. The van der Waals surface area contributed by atoms with Gasteiger partial charge in [0.25, 0.3) is 0 Å². The van der Waals surface area contributed by atoms with Crippen LogP contribution < -0.4 is 0 Å². The minimum Gasteiger partial charge on any atom is -0.500 e. The van der Waals surface area contributed by atoms with Gasteiger partial charge in [-0.05, 0) is 32.8 Å². The topological polar surface area (TPSA) is 26.3 Å². The maximum atomic E-state index is 10.8. The van der Waals surface area contributed by atoms with Gasteiger partial charge in [-0.15, -0.1) is 0 Å². The highest BCUT2D eigenvalue weighted by Gasteiger charge is 2.32. The van der Waals surface area contributed by atoms with Crippen LogP contribution in [0.1, 0.15) is 27.2 Å². The first-order valence-electron chi connectivity index (χ1n) is 4.44. The highest BCUT2D eigenvalue weighted by atomic mass is 16.5. The standard InChI is InChI=1S/C11H16O2/c1-8-5-6-9(7-12)11(2,3)10(8)13-4/h6-7H,5H2,1-4H3. The lowest BCUT2D eigenvalue weighted by atomic mass is 9.77. The van der Waals surface area contributed by atoms with Crippen molar-refractivity contribution in [1.29, 1.82) is 0 Å². The van der Waals surface area contributed by atoms with Gasteiger partial charge in [-0.2, -0.15) is 0 Å². The van der Waals surface area contributed by atoms with Gasteiger partial charge in [0.15, 0.2) is 0 Å². The SMILES string of the molecule is COC1=C(C)CC=C(C=O)C1(C)C. The van der Waals surface area contributed by atoms with E-state index in [9.17, 15) is 4.79 Å². The van der Waals surface area contributed by atoms with Crippen LogP contribution in [0.25, 0.3) is 0 Å². The molecular formula is C11H16O2. The molecule has 0 atom stereocenters. The fourth-order valence-corrected chi connectivity index (χ4v) is 1.90. The summed E-state index contributed by atoms with van der Waals surface area (Å²) < 4.78 is 5.33. The van der Waals surface area contributed by atoms with E-state index < -0.39 is 0 Å². The maximum Gasteiger partial charge on any atom is 0.146 e. The van der Waals surface area contributed by atoms with E-state index in [1.807, 2.05) is 26.8 Å². The quantitative estimate of drug-likeness (QED) is 0.610. The molecule has 72 valence electrons. The van der Waals surface area contributed by atoms with E-state index in [4.69, 9.17) is 4.74 Å². The number of carbonyl (C=O) groups excluding carboxylic acids is 1. The van der Waals surface area contributed by atoms with Crippen LogP contribution in [-0.2, 0) is 9.53 Å². The molecule has 0 aromatic carbocycles. The van der Waals surface area contributed by atoms with Crippen molar-refractivity contribution >= 4 is 6.29 Å². The van der Waals surface area contributed by atoms with Crippen LogP contribution >= 0.6 is 0 Å². The zero-order valence-electron chi connectivity index (χ0n) is 8.68. The summed E-state index contributed by atoms with van der Waals surface area (Å²) >= 11 is 0. The predicted molar refractivity (Wildman–Crippen MR) is 52.3 cm³/mol. The molecule has 0 bridgehead atoms. The van der Waals surface area contributed by atoms with E-state index in [-0.39, 0.29) is 5.41 Å². The molecule has 0 aliphatic heterocycles. The van der Waals surface area contributed by atoms with Gasteiger partial charge in [-0.25, -0.2) is 0 Å². The molecule has 0 heterocycles. The summed E-state index contributed by atoms with van der Waals surface area (Å²) in [7, 11) is 1.66. The summed E-state index contributed by atoms with van der Waals surface area (Å²) in [6, 6.07) is 0. The highest BCUT2D eigenvalue weighted by molar-refractivity contribution is 5.77. The Morgan fingerprint density at radius 3 is 2.62 bits per heavy atom. The molecule has 0 unspecified atom stereocenters. The van der Waals surface area contributed by atoms with Crippen molar-refractivity contribution in [2.75, 3.05) is 7.11 Å². The summed E-state index contributed by atoms with van der Waals surface area (Å²) in [5, 5.41) is 0. The number of allylic oxidation sites excluding steroid dienone is 3. The minimum atomic E-state index is -0.265. The molecule has 13 heavy (non-hydrogen) atoms.